The van der Waals surface area contributed by atoms with Crippen LogP contribution in [0, 0.1) is 27.4 Å². The zero-order valence-corrected chi connectivity index (χ0v) is 15.5. The van der Waals surface area contributed by atoms with Gasteiger partial charge < -0.3 is 10.1 Å². The van der Waals surface area contributed by atoms with Gasteiger partial charge in [0.2, 0.25) is 0 Å². The number of nitro benzene ring substituents is 1. The Morgan fingerprint density at radius 1 is 1.26 bits per heavy atom. The highest BCUT2D eigenvalue weighted by atomic mass is 35.5. The second-order valence-electron chi connectivity index (χ2n) is 8.32. The van der Waals surface area contributed by atoms with Crippen LogP contribution >= 0.6 is 11.6 Å². The number of carbonyl (C=O) groups is 2. The molecule has 0 saturated heterocycles. The number of hydrogen-bond acceptors (Lipinski definition) is 5. The van der Waals surface area contributed by atoms with Crippen LogP contribution in [-0.4, -0.2) is 28.3 Å². The Hall–Kier alpha value is -2.15. The van der Waals surface area contributed by atoms with Crippen LogP contribution in [0.3, 0.4) is 0 Å². The van der Waals surface area contributed by atoms with E-state index in [4.69, 9.17) is 16.3 Å². The van der Waals surface area contributed by atoms with Crippen molar-refractivity contribution in [1.29, 1.82) is 0 Å². The average molecular weight is 393 g/mol. The van der Waals surface area contributed by atoms with E-state index in [0.717, 1.165) is 32.1 Å². The topological polar surface area (TPSA) is 98.5 Å². The lowest BCUT2D eigenvalue weighted by atomic mass is 9.49. The quantitative estimate of drug-likeness (QED) is 0.357. The smallest absolute Gasteiger partial charge is 0.312 e. The number of hydrogen-bond donors (Lipinski definition) is 1. The predicted molar refractivity (Wildman–Crippen MR) is 98.4 cm³/mol. The molecule has 1 amide bonds. The molecule has 4 atom stereocenters. The fraction of sp³-hybridized carbons (Fsp3) is 0.579. The first-order valence-corrected chi connectivity index (χ1v) is 9.55. The number of rotatable bonds is 5. The lowest BCUT2D eigenvalue weighted by Gasteiger charge is -2.58. The zero-order valence-electron chi connectivity index (χ0n) is 14.8. The molecule has 1 N–H and O–H groups in total. The number of amides is 1. The lowest BCUT2D eigenvalue weighted by molar-refractivity contribution is -0.384. The van der Waals surface area contributed by atoms with E-state index in [-0.39, 0.29) is 16.5 Å². The molecule has 27 heavy (non-hydrogen) atoms. The molecule has 1 aromatic rings. The summed E-state index contributed by atoms with van der Waals surface area (Å²) >= 11 is 6.73. The van der Waals surface area contributed by atoms with Crippen LogP contribution in [0.15, 0.2) is 24.3 Å². The maximum absolute atomic E-state index is 12.8. The van der Waals surface area contributed by atoms with Gasteiger partial charge in [0.05, 0.1) is 10.3 Å². The molecular weight excluding hydrogens is 372 g/mol. The van der Waals surface area contributed by atoms with E-state index in [1.807, 2.05) is 0 Å². The van der Waals surface area contributed by atoms with Gasteiger partial charge in [-0.05, 0) is 56.4 Å². The number of nitrogens with zero attached hydrogens (tertiary/aromatic N) is 1. The Morgan fingerprint density at radius 3 is 2.59 bits per heavy atom. The van der Waals surface area contributed by atoms with Crippen molar-refractivity contribution in [2.45, 2.75) is 43.4 Å². The van der Waals surface area contributed by atoms with E-state index >= 15 is 0 Å². The molecule has 4 saturated carbocycles. The van der Waals surface area contributed by atoms with Crippen molar-refractivity contribution in [3.63, 3.8) is 0 Å². The van der Waals surface area contributed by atoms with Gasteiger partial charge in [0.1, 0.15) is 0 Å². The summed E-state index contributed by atoms with van der Waals surface area (Å²) in [7, 11) is 0. The van der Waals surface area contributed by atoms with Crippen molar-refractivity contribution in [3.8, 4) is 0 Å². The first kappa shape index (κ1) is 18.2. The number of esters is 1. The summed E-state index contributed by atoms with van der Waals surface area (Å²) in [5, 5.41) is 13.3. The highest BCUT2D eigenvalue weighted by Crippen LogP contribution is 2.64. The number of halogens is 1. The van der Waals surface area contributed by atoms with Gasteiger partial charge in [-0.1, -0.05) is 6.07 Å². The summed E-state index contributed by atoms with van der Waals surface area (Å²) in [6, 6.07) is 5.62. The minimum atomic E-state index is -0.558. The second kappa shape index (κ2) is 6.48. The summed E-state index contributed by atoms with van der Waals surface area (Å²) in [4.78, 5) is 34.9. The van der Waals surface area contributed by atoms with Crippen molar-refractivity contribution < 1.29 is 19.2 Å². The molecular formula is C19H21ClN2O5. The van der Waals surface area contributed by atoms with Gasteiger partial charge in [-0.25, -0.2) is 0 Å². The van der Waals surface area contributed by atoms with Crippen LogP contribution in [0.1, 0.15) is 38.5 Å². The third-order valence-corrected chi connectivity index (χ3v) is 6.54. The van der Waals surface area contributed by atoms with E-state index < -0.39 is 22.9 Å². The van der Waals surface area contributed by atoms with E-state index in [9.17, 15) is 19.7 Å². The van der Waals surface area contributed by atoms with Gasteiger partial charge in [-0.15, -0.1) is 11.6 Å². The molecule has 0 radical (unpaired) electrons. The SMILES string of the molecule is O=C(COC(=O)C12C[C@@H]3C[C@@H](CC(Cl)(C3)C1)C2)Nc1cccc([N+](=O)[O-])c1. The van der Waals surface area contributed by atoms with Gasteiger partial charge in [0, 0.05) is 22.7 Å². The Morgan fingerprint density at radius 2 is 1.96 bits per heavy atom. The normalized spacial score (nSPS) is 33.5. The van der Waals surface area contributed by atoms with Crippen LogP contribution in [0.4, 0.5) is 11.4 Å². The molecule has 8 heteroatoms. The molecule has 4 aliphatic rings. The molecule has 4 aliphatic carbocycles. The summed E-state index contributed by atoms with van der Waals surface area (Å²) in [6.45, 7) is -0.409. The largest absolute Gasteiger partial charge is 0.455 e. The second-order valence-corrected chi connectivity index (χ2v) is 9.13. The van der Waals surface area contributed by atoms with Crippen molar-refractivity contribution >= 4 is 34.9 Å². The summed E-state index contributed by atoms with van der Waals surface area (Å²) in [6.07, 6.45) is 5.28. The molecule has 0 spiro atoms. The van der Waals surface area contributed by atoms with E-state index in [1.54, 1.807) is 6.07 Å². The van der Waals surface area contributed by atoms with Crippen LogP contribution in [0.25, 0.3) is 0 Å². The minimum absolute atomic E-state index is 0.120. The fourth-order valence-electron chi connectivity index (χ4n) is 5.57. The number of ether oxygens (including phenoxy) is 1. The highest BCUT2D eigenvalue weighted by molar-refractivity contribution is 6.24. The summed E-state index contributed by atoms with van der Waals surface area (Å²) in [5.41, 5.74) is -0.386. The monoisotopic (exact) mass is 392 g/mol. The zero-order chi connectivity index (χ0) is 19.2. The van der Waals surface area contributed by atoms with Crippen molar-refractivity contribution in [3.05, 3.63) is 34.4 Å². The first-order valence-electron chi connectivity index (χ1n) is 9.17. The maximum atomic E-state index is 12.8. The lowest BCUT2D eigenvalue weighted by Crippen LogP contribution is -2.56. The van der Waals surface area contributed by atoms with Gasteiger partial charge in [0.15, 0.2) is 6.61 Å². The molecule has 144 valence electrons. The molecule has 5 rings (SSSR count). The van der Waals surface area contributed by atoms with Crippen LogP contribution in [0.2, 0.25) is 0 Å². The van der Waals surface area contributed by atoms with Gasteiger partial charge in [0.25, 0.3) is 11.6 Å². The Bertz CT molecular complexity index is 797. The summed E-state index contributed by atoms with van der Waals surface area (Å²) < 4.78 is 5.34. The number of benzene rings is 1. The van der Waals surface area contributed by atoms with Gasteiger partial charge >= 0.3 is 5.97 Å². The summed E-state index contributed by atoms with van der Waals surface area (Å²) in [5.74, 6) is 0.0787. The third-order valence-electron chi connectivity index (χ3n) is 6.10. The Balaban J connectivity index is 1.36. The predicted octanol–water partition coefficient (Wildman–Crippen LogP) is 3.65. The van der Waals surface area contributed by atoms with E-state index in [2.05, 4.69) is 5.32 Å². The Labute approximate surface area is 161 Å². The number of carbonyl (C=O) groups excluding carboxylic acids is 2. The van der Waals surface area contributed by atoms with Gasteiger partial charge in [-0.2, -0.15) is 0 Å². The molecule has 4 fully saturated rings. The van der Waals surface area contributed by atoms with Crippen LogP contribution in [-0.2, 0) is 14.3 Å². The molecule has 0 heterocycles. The number of anilines is 1. The van der Waals surface area contributed by atoms with Crippen molar-refractivity contribution in [2.24, 2.45) is 17.3 Å². The average Bonchev–Trinajstić information content (AvgIpc) is 2.57. The fourth-order valence-corrected chi connectivity index (χ4v) is 6.26. The molecule has 4 bridgehead atoms. The third kappa shape index (κ3) is 3.52. The highest BCUT2D eigenvalue weighted by Gasteiger charge is 2.60. The van der Waals surface area contributed by atoms with E-state index in [1.165, 1.54) is 18.2 Å². The van der Waals surface area contributed by atoms with E-state index in [0.29, 0.717) is 23.9 Å². The van der Waals surface area contributed by atoms with Gasteiger partial charge in [-0.3, -0.25) is 19.7 Å². The molecule has 0 aliphatic heterocycles. The Kier molecular flexibility index (Phi) is 4.37. The maximum Gasteiger partial charge on any atom is 0.312 e. The molecule has 7 nitrogen and oxygen atoms in total. The molecule has 1 aromatic carbocycles. The molecule has 0 aromatic heterocycles. The number of nitrogens with one attached hydrogen (secondary N) is 1. The standard InChI is InChI=1S/C19H21ClN2O5/c20-19-8-12-4-13(9-19)7-18(6-12,11-19)17(24)27-10-16(23)21-14-2-1-3-15(5-14)22(25)26/h1-3,5,12-13H,4,6-11H2,(H,21,23)/t12-,13+,18?,19?. The van der Waals surface area contributed by atoms with Crippen molar-refractivity contribution in [2.75, 3.05) is 11.9 Å². The van der Waals surface area contributed by atoms with Crippen LogP contribution < -0.4 is 5.32 Å². The number of nitro groups is 1. The molecule has 2 unspecified atom stereocenters. The van der Waals surface area contributed by atoms with Crippen LogP contribution in [0.5, 0.6) is 0 Å². The minimum Gasteiger partial charge on any atom is -0.455 e. The first-order chi connectivity index (χ1) is 12.8. The number of alkyl halides is 1. The van der Waals surface area contributed by atoms with Crippen molar-refractivity contribution in [1.82, 2.24) is 0 Å². The number of non-ortho nitro benzene ring substituents is 1.